The lowest BCUT2D eigenvalue weighted by Gasteiger charge is -2.19. The first kappa shape index (κ1) is 17.9. The van der Waals surface area contributed by atoms with Crippen LogP contribution in [0.4, 0.5) is 0 Å². The van der Waals surface area contributed by atoms with Crippen LogP contribution in [0.5, 0.6) is 5.75 Å². The Morgan fingerprint density at radius 3 is 2.38 bits per heavy atom. The van der Waals surface area contributed by atoms with Gasteiger partial charge < -0.3 is 15.5 Å². The van der Waals surface area contributed by atoms with E-state index in [2.05, 4.69) is 31.1 Å². The molecule has 0 fully saturated rings. The van der Waals surface area contributed by atoms with Gasteiger partial charge in [0.15, 0.2) is 0 Å². The molecule has 5 heteroatoms. The van der Waals surface area contributed by atoms with E-state index < -0.39 is 0 Å². The van der Waals surface area contributed by atoms with Gasteiger partial charge in [-0.15, -0.1) is 0 Å². The highest BCUT2D eigenvalue weighted by molar-refractivity contribution is 5.94. The third kappa shape index (κ3) is 3.92. The van der Waals surface area contributed by atoms with Crippen LogP contribution >= 0.6 is 0 Å². The number of carbonyl (C=O) groups is 1. The molecule has 0 saturated heterocycles. The number of nitrogens with zero attached hydrogens (tertiary/aromatic N) is 1. The van der Waals surface area contributed by atoms with Gasteiger partial charge in [-0.25, -0.2) is 0 Å². The van der Waals surface area contributed by atoms with E-state index in [0.717, 1.165) is 5.56 Å². The number of hydrogen-bond acceptors (Lipinski definition) is 4. The summed E-state index contributed by atoms with van der Waals surface area (Å²) in [6.45, 7) is 7.91. The Hall–Kier alpha value is -2.40. The number of aromatic hydroxyl groups is 1. The molecule has 3 N–H and O–H groups in total. The fourth-order valence-electron chi connectivity index (χ4n) is 2.41. The second-order valence-corrected chi connectivity index (χ2v) is 6.86. The van der Waals surface area contributed by atoms with Gasteiger partial charge in [0.1, 0.15) is 5.75 Å². The Labute approximate surface area is 142 Å². The molecule has 0 spiro atoms. The van der Waals surface area contributed by atoms with Crippen LogP contribution in [0.3, 0.4) is 0 Å². The maximum Gasteiger partial charge on any atom is 0.251 e. The number of aliphatic hydroxyl groups is 1. The average Bonchev–Trinajstić information content (AvgIpc) is 2.55. The van der Waals surface area contributed by atoms with Gasteiger partial charge in [0.25, 0.3) is 5.91 Å². The number of pyridine rings is 1. The van der Waals surface area contributed by atoms with Crippen LogP contribution in [0, 0.1) is 6.92 Å². The molecular weight excluding hydrogens is 304 g/mol. The third-order valence-electron chi connectivity index (χ3n) is 4.04. The molecule has 0 aliphatic heterocycles. The standard InChI is InChI=1S/C19H24N2O3/c1-12-17(23)16(11-22)14(9-20-12)10-21-18(24)13-5-7-15(8-6-13)19(2,3)4/h5-9,22-23H,10-11H2,1-4H3,(H,21,24). The largest absolute Gasteiger partial charge is 0.506 e. The molecule has 2 aromatic rings. The Bertz CT molecular complexity index is 732. The zero-order chi connectivity index (χ0) is 17.9. The molecule has 5 nitrogen and oxygen atoms in total. The van der Waals surface area contributed by atoms with E-state index in [4.69, 9.17) is 0 Å². The summed E-state index contributed by atoms with van der Waals surface area (Å²) in [5, 5.41) is 22.1. The topological polar surface area (TPSA) is 82.5 Å². The summed E-state index contributed by atoms with van der Waals surface area (Å²) in [6.07, 6.45) is 1.56. The van der Waals surface area contributed by atoms with E-state index >= 15 is 0 Å². The molecule has 1 aromatic carbocycles. The molecular formula is C19H24N2O3. The molecule has 24 heavy (non-hydrogen) atoms. The molecule has 0 bridgehead atoms. The number of aryl methyl sites for hydroxylation is 1. The van der Waals surface area contributed by atoms with Crippen molar-refractivity contribution in [3.8, 4) is 5.75 Å². The molecule has 0 atom stereocenters. The minimum absolute atomic E-state index is 0.0289. The summed E-state index contributed by atoms with van der Waals surface area (Å²) in [5.41, 5.74) is 3.21. The van der Waals surface area contributed by atoms with Crippen LogP contribution in [0.15, 0.2) is 30.5 Å². The first-order chi connectivity index (χ1) is 11.2. The molecule has 0 aliphatic rings. The lowest BCUT2D eigenvalue weighted by molar-refractivity contribution is 0.0950. The number of rotatable bonds is 4. The summed E-state index contributed by atoms with van der Waals surface area (Å²) in [5.74, 6) is -0.238. The first-order valence-corrected chi connectivity index (χ1v) is 7.90. The summed E-state index contributed by atoms with van der Waals surface area (Å²) >= 11 is 0. The molecule has 0 saturated carbocycles. The monoisotopic (exact) mass is 328 g/mol. The fraction of sp³-hybridized carbons (Fsp3) is 0.368. The minimum Gasteiger partial charge on any atom is -0.506 e. The zero-order valence-corrected chi connectivity index (χ0v) is 14.6. The van der Waals surface area contributed by atoms with Crippen LogP contribution in [-0.2, 0) is 18.6 Å². The van der Waals surface area contributed by atoms with Crippen molar-refractivity contribution in [1.29, 1.82) is 0 Å². The lowest BCUT2D eigenvalue weighted by atomic mass is 9.87. The van der Waals surface area contributed by atoms with Crippen LogP contribution in [0.25, 0.3) is 0 Å². The van der Waals surface area contributed by atoms with Crippen molar-refractivity contribution < 1.29 is 15.0 Å². The summed E-state index contributed by atoms with van der Waals surface area (Å²) in [6, 6.07) is 7.50. The Kier molecular flexibility index (Phi) is 5.24. The van der Waals surface area contributed by atoms with Crippen molar-refractivity contribution in [2.45, 2.75) is 46.3 Å². The number of hydrogen-bond donors (Lipinski definition) is 3. The van der Waals surface area contributed by atoms with Gasteiger partial charge in [-0.1, -0.05) is 32.9 Å². The van der Waals surface area contributed by atoms with Crippen LogP contribution in [0.2, 0.25) is 0 Å². The van der Waals surface area contributed by atoms with E-state index in [9.17, 15) is 15.0 Å². The maximum atomic E-state index is 12.3. The van der Waals surface area contributed by atoms with Gasteiger partial charge in [-0.05, 0) is 35.6 Å². The molecule has 0 radical (unpaired) electrons. The van der Waals surface area contributed by atoms with Gasteiger partial charge in [0, 0.05) is 23.9 Å². The molecule has 128 valence electrons. The summed E-state index contributed by atoms with van der Waals surface area (Å²) in [7, 11) is 0. The van der Waals surface area contributed by atoms with Crippen molar-refractivity contribution >= 4 is 5.91 Å². The average molecular weight is 328 g/mol. The van der Waals surface area contributed by atoms with E-state index in [1.54, 1.807) is 25.3 Å². The molecule has 1 amide bonds. The first-order valence-electron chi connectivity index (χ1n) is 7.90. The Morgan fingerprint density at radius 1 is 1.21 bits per heavy atom. The normalized spacial score (nSPS) is 11.4. The van der Waals surface area contributed by atoms with Gasteiger partial charge in [0.05, 0.1) is 12.3 Å². The lowest BCUT2D eigenvalue weighted by Crippen LogP contribution is -2.24. The predicted octanol–water partition coefficient (Wildman–Crippen LogP) is 2.82. The van der Waals surface area contributed by atoms with Crippen LogP contribution in [0.1, 0.15) is 53.5 Å². The van der Waals surface area contributed by atoms with Crippen molar-refractivity contribution in [2.24, 2.45) is 0 Å². The number of aliphatic hydroxyl groups excluding tert-OH is 1. The summed E-state index contributed by atoms with van der Waals surface area (Å²) < 4.78 is 0. The van der Waals surface area contributed by atoms with E-state index in [1.807, 2.05) is 12.1 Å². The van der Waals surface area contributed by atoms with E-state index in [1.165, 1.54) is 0 Å². The van der Waals surface area contributed by atoms with E-state index in [0.29, 0.717) is 22.4 Å². The highest BCUT2D eigenvalue weighted by Gasteiger charge is 2.15. The van der Waals surface area contributed by atoms with Crippen LogP contribution < -0.4 is 5.32 Å². The maximum absolute atomic E-state index is 12.3. The Balaban J connectivity index is 2.10. The number of carbonyl (C=O) groups excluding carboxylic acids is 1. The number of nitrogens with one attached hydrogen (secondary N) is 1. The van der Waals surface area contributed by atoms with Gasteiger partial charge in [-0.3, -0.25) is 9.78 Å². The Morgan fingerprint density at radius 2 is 1.83 bits per heavy atom. The van der Waals surface area contributed by atoms with Gasteiger partial charge in [-0.2, -0.15) is 0 Å². The third-order valence-corrected chi connectivity index (χ3v) is 4.04. The SMILES string of the molecule is Cc1ncc(CNC(=O)c2ccc(C(C)(C)C)cc2)c(CO)c1O. The number of aromatic nitrogens is 1. The highest BCUT2D eigenvalue weighted by Crippen LogP contribution is 2.24. The molecule has 2 rings (SSSR count). The predicted molar refractivity (Wildman–Crippen MR) is 92.9 cm³/mol. The van der Waals surface area contributed by atoms with Crippen molar-refractivity contribution in [3.63, 3.8) is 0 Å². The molecule has 1 heterocycles. The number of benzene rings is 1. The van der Waals surface area contributed by atoms with Crippen LogP contribution in [-0.4, -0.2) is 21.1 Å². The molecule has 0 unspecified atom stereocenters. The van der Waals surface area contributed by atoms with Gasteiger partial charge >= 0.3 is 0 Å². The fourth-order valence-corrected chi connectivity index (χ4v) is 2.41. The molecule has 0 aliphatic carbocycles. The van der Waals surface area contributed by atoms with Gasteiger partial charge in [0.2, 0.25) is 0 Å². The highest BCUT2D eigenvalue weighted by atomic mass is 16.3. The second-order valence-electron chi connectivity index (χ2n) is 6.86. The zero-order valence-electron chi connectivity index (χ0n) is 14.6. The van der Waals surface area contributed by atoms with Crippen molar-refractivity contribution in [3.05, 3.63) is 58.4 Å². The van der Waals surface area contributed by atoms with Crippen molar-refractivity contribution in [1.82, 2.24) is 10.3 Å². The quantitative estimate of drug-likeness (QED) is 0.806. The van der Waals surface area contributed by atoms with Crippen molar-refractivity contribution in [2.75, 3.05) is 0 Å². The second kappa shape index (κ2) is 7.01. The summed E-state index contributed by atoms with van der Waals surface area (Å²) in [4.78, 5) is 16.3. The smallest absolute Gasteiger partial charge is 0.251 e. The number of amides is 1. The van der Waals surface area contributed by atoms with E-state index in [-0.39, 0.29) is 30.2 Å². The minimum atomic E-state index is -0.305. The molecule has 1 aromatic heterocycles.